The van der Waals surface area contributed by atoms with Crippen molar-refractivity contribution in [2.75, 3.05) is 19.7 Å². The van der Waals surface area contributed by atoms with E-state index in [-0.39, 0.29) is 19.1 Å². The molecule has 0 aromatic heterocycles. The largest absolute Gasteiger partial charge is 0.395 e. The second kappa shape index (κ2) is 9.17. The molecular weight excluding hydrogens is 264 g/mol. The predicted octanol–water partition coefficient (Wildman–Crippen LogP) is 1.36. The zero-order chi connectivity index (χ0) is 15.7. The van der Waals surface area contributed by atoms with Crippen molar-refractivity contribution >= 4 is 5.91 Å². The molecule has 0 radical (unpaired) electrons. The maximum atomic E-state index is 11.2. The van der Waals surface area contributed by atoms with Crippen molar-refractivity contribution in [1.29, 1.82) is 0 Å². The van der Waals surface area contributed by atoms with Gasteiger partial charge in [0.2, 0.25) is 5.91 Å². The molecule has 3 N–H and O–H groups in total. The molecule has 0 aliphatic heterocycles. The van der Waals surface area contributed by atoms with Gasteiger partial charge in [0.05, 0.1) is 13.2 Å². The normalized spacial score (nSPS) is 10.5. The minimum Gasteiger partial charge on any atom is -0.395 e. The summed E-state index contributed by atoms with van der Waals surface area (Å²) in [4.78, 5) is 13.2. The number of hydrogen-bond donors (Lipinski definition) is 2. The molecule has 21 heavy (non-hydrogen) atoms. The highest BCUT2D eigenvalue weighted by Gasteiger charge is 2.11. The molecule has 1 rings (SSSR count). The first-order chi connectivity index (χ1) is 10.0. The third-order valence-corrected chi connectivity index (χ3v) is 2.81. The molecule has 0 saturated carbocycles. The lowest BCUT2D eigenvalue weighted by Gasteiger charge is -2.22. The third-order valence-electron chi connectivity index (χ3n) is 2.81. The topological polar surface area (TPSA) is 66.6 Å². The average Bonchev–Trinajstić information content (AvgIpc) is 2.38. The third kappa shape index (κ3) is 7.50. The van der Waals surface area contributed by atoms with E-state index in [1.165, 1.54) is 0 Å². The SMILES string of the molecule is CC(C)CN(CC(N)=O)Cc1cccc(C#CCCO)c1. The Labute approximate surface area is 127 Å². The van der Waals surface area contributed by atoms with Crippen LogP contribution in [0.4, 0.5) is 0 Å². The number of primary amides is 1. The summed E-state index contributed by atoms with van der Waals surface area (Å²) in [5, 5.41) is 8.73. The van der Waals surface area contributed by atoms with E-state index in [2.05, 4.69) is 25.7 Å². The Morgan fingerprint density at radius 3 is 2.81 bits per heavy atom. The van der Waals surface area contributed by atoms with Gasteiger partial charge in [-0.15, -0.1) is 0 Å². The Morgan fingerprint density at radius 2 is 2.19 bits per heavy atom. The Morgan fingerprint density at radius 1 is 1.43 bits per heavy atom. The van der Waals surface area contributed by atoms with Gasteiger partial charge in [-0.2, -0.15) is 0 Å². The number of rotatable bonds is 7. The fourth-order valence-corrected chi connectivity index (χ4v) is 2.15. The molecule has 0 atom stereocenters. The first-order valence-corrected chi connectivity index (χ1v) is 7.20. The molecule has 0 heterocycles. The fourth-order valence-electron chi connectivity index (χ4n) is 2.15. The molecule has 0 unspecified atom stereocenters. The van der Waals surface area contributed by atoms with Crippen LogP contribution in [0.25, 0.3) is 0 Å². The monoisotopic (exact) mass is 288 g/mol. The van der Waals surface area contributed by atoms with Crippen LogP contribution in [0.2, 0.25) is 0 Å². The molecule has 1 aromatic rings. The summed E-state index contributed by atoms with van der Waals surface area (Å²) < 4.78 is 0. The zero-order valence-corrected chi connectivity index (χ0v) is 12.8. The first kappa shape index (κ1) is 17.2. The first-order valence-electron chi connectivity index (χ1n) is 7.20. The Bertz CT molecular complexity index is 515. The van der Waals surface area contributed by atoms with E-state index in [9.17, 15) is 4.79 Å². The molecule has 0 fully saturated rings. The van der Waals surface area contributed by atoms with E-state index in [0.717, 1.165) is 17.7 Å². The lowest BCUT2D eigenvalue weighted by Crippen LogP contribution is -2.35. The molecule has 0 aliphatic carbocycles. The van der Waals surface area contributed by atoms with Crippen molar-refractivity contribution in [3.8, 4) is 11.8 Å². The fraction of sp³-hybridized carbons (Fsp3) is 0.471. The quantitative estimate of drug-likeness (QED) is 0.745. The van der Waals surface area contributed by atoms with Gasteiger partial charge in [0.15, 0.2) is 0 Å². The summed E-state index contributed by atoms with van der Waals surface area (Å²) >= 11 is 0. The highest BCUT2D eigenvalue weighted by Crippen LogP contribution is 2.09. The number of hydrogen-bond acceptors (Lipinski definition) is 3. The molecule has 1 amide bonds. The van der Waals surface area contributed by atoms with Gasteiger partial charge in [0, 0.05) is 25.1 Å². The molecule has 1 aromatic carbocycles. The minimum absolute atomic E-state index is 0.0769. The maximum absolute atomic E-state index is 11.2. The van der Waals surface area contributed by atoms with E-state index in [1.54, 1.807) is 0 Å². The number of nitrogens with two attached hydrogens (primary N) is 1. The van der Waals surface area contributed by atoms with Crippen molar-refractivity contribution in [1.82, 2.24) is 4.90 Å². The summed E-state index contributed by atoms with van der Waals surface area (Å²) in [7, 11) is 0. The molecule has 114 valence electrons. The average molecular weight is 288 g/mol. The van der Waals surface area contributed by atoms with Gasteiger partial charge in [-0.3, -0.25) is 9.69 Å². The van der Waals surface area contributed by atoms with Crippen LogP contribution in [-0.4, -0.2) is 35.6 Å². The smallest absolute Gasteiger partial charge is 0.231 e. The summed E-state index contributed by atoms with van der Waals surface area (Å²) in [6, 6.07) is 7.93. The van der Waals surface area contributed by atoms with Crippen LogP contribution in [-0.2, 0) is 11.3 Å². The van der Waals surface area contributed by atoms with Gasteiger partial charge in [-0.1, -0.05) is 37.8 Å². The number of amides is 1. The number of aliphatic hydroxyl groups is 1. The Kier molecular flexibility index (Phi) is 7.52. The second-order valence-corrected chi connectivity index (χ2v) is 5.51. The summed E-state index contributed by atoms with van der Waals surface area (Å²) in [5.74, 6) is 6.09. The molecule has 0 spiro atoms. The van der Waals surface area contributed by atoms with Gasteiger partial charge in [0.1, 0.15) is 0 Å². The van der Waals surface area contributed by atoms with Crippen LogP contribution < -0.4 is 5.73 Å². The number of benzene rings is 1. The summed E-state index contributed by atoms with van der Waals surface area (Å²) in [6.45, 7) is 6.07. The van der Waals surface area contributed by atoms with Crippen LogP contribution in [0.15, 0.2) is 24.3 Å². The van der Waals surface area contributed by atoms with Crippen LogP contribution >= 0.6 is 0 Å². The maximum Gasteiger partial charge on any atom is 0.231 e. The van der Waals surface area contributed by atoms with E-state index >= 15 is 0 Å². The molecule has 0 saturated heterocycles. The number of nitrogens with zero attached hydrogens (tertiary/aromatic N) is 1. The molecule has 4 heteroatoms. The van der Waals surface area contributed by atoms with Gasteiger partial charge in [-0.25, -0.2) is 0 Å². The van der Waals surface area contributed by atoms with Gasteiger partial charge in [0.25, 0.3) is 0 Å². The molecule has 4 nitrogen and oxygen atoms in total. The van der Waals surface area contributed by atoms with E-state index in [0.29, 0.717) is 18.9 Å². The van der Waals surface area contributed by atoms with Gasteiger partial charge >= 0.3 is 0 Å². The van der Waals surface area contributed by atoms with Crippen LogP contribution in [0.1, 0.15) is 31.4 Å². The van der Waals surface area contributed by atoms with Crippen LogP contribution in [0.3, 0.4) is 0 Å². The van der Waals surface area contributed by atoms with Crippen LogP contribution in [0, 0.1) is 17.8 Å². The molecular formula is C17H24N2O2. The summed E-state index contributed by atoms with van der Waals surface area (Å²) in [5.41, 5.74) is 7.33. The van der Waals surface area contributed by atoms with Gasteiger partial charge < -0.3 is 10.8 Å². The zero-order valence-electron chi connectivity index (χ0n) is 12.8. The Hall–Kier alpha value is -1.83. The van der Waals surface area contributed by atoms with Crippen molar-refractivity contribution in [2.45, 2.75) is 26.8 Å². The van der Waals surface area contributed by atoms with Crippen molar-refractivity contribution in [3.05, 3.63) is 35.4 Å². The van der Waals surface area contributed by atoms with Crippen LogP contribution in [0.5, 0.6) is 0 Å². The lowest BCUT2D eigenvalue weighted by atomic mass is 10.1. The molecule has 0 aliphatic rings. The summed E-state index contributed by atoms with van der Waals surface area (Å²) in [6.07, 6.45) is 0.478. The van der Waals surface area contributed by atoms with Crippen molar-refractivity contribution in [2.24, 2.45) is 11.7 Å². The van der Waals surface area contributed by atoms with Crippen molar-refractivity contribution < 1.29 is 9.90 Å². The van der Waals surface area contributed by atoms with Gasteiger partial charge in [-0.05, 0) is 23.6 Å². The van der Waals surface area contributed by atoms with E-state index in [1.807, 2.05) is 29.2 Å². The minimum atomic E-state index is -0.311. The predicted molar refractivity (Wildman–Crippen MR) is 84.3 cm³/mol. The standard InChI is InChI=1S/C17H24N2O2/c1-14(2)11-19(13-17(18)21)12-16-8-5-7-15(10-16)6-3-4-9-20/h5,7-8,10,14,20H,4,9,11-13H2,1-2H3,(H2,18,21). The number of aliphatic hydroxyl groups excluding tert-OH is 1. The number of carbonyl (C=O) groups excluding carboxylic acids is 1. The van der Waals surface area contributed by atoms with E-state index in [4.69, 9.17) is 10.8 Å². The highest BCUT2D eigenvalue weighted by atomic mass is 16.2. The second-order valence-electron chi connectivity index (χ2n) is 5.51. The number of carbonyl (C=O) groups is 1. The Balaban J connectivity index is 2.76. The lowest BCUT2D eigenvalue weighted by molar-refractivity contribution is -0.119. The van der Waals surface area contributed by atoms with Crippen molar-refractivity contribution in [3.63, 3.8) is 0 Å². The highest BCUT2D eigenvalue weighted by molar-refractivity contribution is 5.75. The van der Waals surface area contributed by atoms with E-state index < -0.39 is 0 Å². The molecule has 0 bridgehead atoms.